The highest BCUT2D eigenvalue weighted by Gasteiger charge is 2.20. The molecule has 2 nitrogen and oxygen atoms in total. The number of nitrogens with zero attached hydrogens (tertiary/aromatic N) is 1. The van der Waals surface area contributed by atoms with Crippen LogP contribution in [-0.2, 0) is 0 Å². The molecule has 1 atom stereocenters. The van der Waals surface area contributed by atoms with Crippen molar-refractivity contribution in [2.75, 3.05) is 6.54 Å². The lowest BCUT2D eigenvalue weighted by Crippen LogP contribution is -2.35. The first-order valence-corrected chi connectivity index (χ1v) is 4.14. The summed E-state index contributed by atoms with van der Waals surface area (Å²) in [5.74, 6) is 0. The Morgan fingerprint density at radius 2 is 2.17 bits per heavy atom. The van der Waals surface area contributed by atoms with Crippen molar-refractivity contribution in [3.63, 3.8) is 0 Å². The summed E-state index contributed by atoms with van der Waals surface area (Å²) in [5, 5.41) is 12.1. The van der Waals surface area contributed by atoms with E-state index in [1.54, 1.807) is 0 Å². The zero-order chi connectivity index (χ0) is 8.39. The largest absolute Gasteiger partial charge is 0.310 e. The normalized spacial score (nSPS) is 21.1. The molecule has 2 heteroatoms. The van der Waals surface area contributed by atoms with Crippen molar-refractivity contribution >= 4 is 0 Å². The van der Waals surface area contributed by atoms with Gasteiger partial charge in [0, 0.05) is 6.04 Å². The maximum Gasteiger partial charge on any atom is 0.0995 e. The molecule has 1 aromatic rings. The second kappa shape index (κ2) is 2.96. The molecule has 1 N–H and O–H groups in total. The van der Waals surface area contributed by atoms with Gasteiger partial charge in [0.1, 0.15) is 0 Å². The van der Waals surface area contributed by atoms with Gasteiger partial charge in [0.2, 0.25) is 0 Å². The van der Waals surface area contributed by atoms with E-state index in [0.29, 0.717) is 6.04 Å². The standard InChI is InChI=1S/C10H10N2/c11-7-8-3-1-2-4-9(8)10-5-6-12-10/h1-4,10,12H,5-6H2. The third-order valence-electron chi connectivity index (χ3n) is 2.28. The highest BCUT2D eigenvalue weighted by molar-refractivity contribution is 5.40. The second-order valence-electron chi connectivity index (χ2n) is 2.99. The lowest BCUT2D eigenvalue weighted by molar-refractivity contribution is 0.383. The van der Waals surface area contributed by atoms with Crippen LogP contribution in [0.2, 0.25) is 0 Å². The second-order valence-corrected chi connectivity index (χ2v) is 2.99. The molecule has 60 valence electrons. The Hall–Kier alpha value is -1.33. The van der Waals surface area contributed by atoms with Crippen LogP contribution in [0.3, 0.4) is 0 Å². The van der Waals surface area contributed by atoms with Crippen LogP contribution in [0.1, 0.15) is 23.6 Å². The first kappa shape index (κ1) is 7.33. The molecular weight excluding hydrogens is 148 g/mol. The number of nitrogens with one attached hydrogen (secondary N) is 1. The first-order valence-electron chi connectivity index (χ1n) is 4.14. The van der Waals surface area contributed by atoms with Crippen LogP contribution in [0.25, 0.3) is 0 Å². The minimum atomic E-state index is 0.417. The van der Waals surface area contributed by atoms with E-state index in [0.717, 1.165) is 24.1 Å². The molecule has 0 aliphatic carbocycles. The van der Waals surface area contributed by atoms with E-state index in [2.05, 4.69) is 11.4 Å². The molecule has 0 spiro atoms. The summed E-state index contributed by atoms with van der Waals surface area (Å²) in [6.45, 7) is 1.07. The fourth-order valence-electron chi connectivity index (χ4n) is 1.46. The van der Waals surface area contributed by atoms with Gasteiger partial charge < -0.3 is 5.32 Å². The predicted octanol–water partition coefficient (Wildman–Crippen LogP) is 1.59. The Kier molecular flexibility index (Phi) is 1.81. The molecule has 1 saturated heterocycles. The molecule has 0 saturated carbocycles. The topological polar surface area (TPSA) is 35.8 Å². The Morgan fingerprint density at radius 3 is 2.75 bits per heavy atom. The zero-order valence-corrected chi connectivity index (χ0v) is 6.75. The maximum absolute atomic E-state index is 8.81. The monoisotopic (exact) mass is 158 g/mol. The van der Waals surface area contributed by atoms with Gasteiger partial charge in [-0.2, -0.15) is 5.26 Å². The van der Waals surface area contributed by atoms with E-state index in [9.17, 15) is 0 Å². The van der Waals surface area contributed by atoms with Gasteiger partial charge in [0.15, 0.2) is 0 Å². The zero-order valence-electron chi connectivity index (χ0n) is 6.75. The van der Waals surface area contributed by atoms with Crippen molar-refractivity contribution in [3.05, 3.63) is 35.4 Å². The molecule has 1 heterocycles. The van der Waals surface area contributed by atoms with Crippen molar-refractivity contribution in [3.8, 4) is 6.07 Å². The van der Waals surface area contributed by atoms with Crippen molar-refractivity contribution in [2.24, 2.45) is 0 Å². The minimum absolute atomic E-state index is 0.417. The summed E-state index contributed by atoms with van der Waals surface area (Å²) < 4.78 is 0. The summed E-state index contributed by atoms with van der Waals surface area (Å²) >= 11 is 0. The number of nitriles is 1. The predicted molar refractivity (Wildman–Crippen MR) is 46.5 cm³/mol. The molecule has 1 aliphatic rings. The lowest BCUT2D eigenvalue weighted by atomic mass is 9.94. The molecule has 0 amide bonds. The molecule has 2 rings (SSSR count). The van der Waals surface area contributed by atoms with Gasteiger partial charge in [-0.05, 0) is 24.6 Å². The summed E-state index contributed by atoms with van der Waals surface area (Å²) in [7, 11) is 0. The van der Waals surface area contributed by atoms with Crippen LogP contribution < -0.4 is 5.32 Å². The number of benzene rings is 1. The summed E-state index contributed by atoms with van der Waals surface area (Å²) in [6, 6.07) is 10.4. The molecule has 0 radical (unpaired) electrons. The van der Waals surface area contributed by atoms with Crippen LogP contribution in [-0.4, -0.2) is 6.54 Å². The van der Waals surface area contributed by atoms with E-state index in [1.165, 1.54) is 0 Å². The third kappa shape index (κ3) is 1.09. The SMILES string of the molecule is N#Cc1ccccc1C1CCN1. The fraction of sp³-hybridized carbons (Fsp3) is 0.300. The highest BCUT2D eigenvalue weighted by atomic mass is 15.0. The fourth-order valence-corrected chi connectivity index (χ4v) is 1.46. The van der Waals surface area contributed by atoms with Crippen molar-refractivity contribution in [2.45, 2.75) is 12.5 Å². The van der Waals surface area contributed by atoms with Crippen molar-refractivity contribution in [1.82, 2.24) is 5.32 Å². The summed E-state index contributed by atoms with van der Waals surface area (Å²) in [6.07, 6.45) is 1.15. The molecule has 1 unspecified atom stereocenters. The van der Waals surface area contributed by atoms with Crippen LogP contribution in [0, 0.1) is 11.3 Å². The van der Waals surface area contributed by atoms with Crippen molar-refractivity contribution < 1.29 is 0 Å². The van der Waals surface area contributed by atoms with Gasteiger partial charge in [-0.25, -0.2) is 0 Å². The number of hydrogen-bond donors (Lipinski definition) is 1. The Labute approximate surface area is 71.8 Å². The van der Waals surface area contributed by atoms with Gasteiger partial charge in [-0.15, -0.1) is 0 Å². The quantitative estimate of drug-likeness (QED) is 0.673. The van der Waals surface area contributed by atoms with Gasteiger partial charge in [-0.3, -0.25) is 0 Å². The molecule has 12 heavy (non-hydrogen) atoms. The van der Waals surface area contributed by atoms with Crippen LogP contribution in [0.15, 0.2) is 24.3 Å². The molecule has 0 aromatic heterocycles. The van der Waals surface area contributed by atoms with Gasteiger partial charge in [0.25, 0.3) is 0 Å². The molecule has 0 bridgehead atoms. The average molecular weight is 158 g/mol. The summed E-state index contributed by atoms with van der Waals surface area (Å²) in [5.41, 5.74) is 1.95. The van der Waals surface area contributed by atoms with E-state index < -0.39 is 0 Å². The maximum atomic E-state index is 8.81. The molecule has 1 aliphatic heterocycles. The minimum Gasteiger partial charge on any atom is -0.310 e. The Bertz CT molecular complexity index is 321. The number of rotatable bonds is 1. The van der Waals surface area contributed by atoms with Gasteiger partial charge in [0.05, 0.1) is 11.6 Å². The first-order chi connectivity index (χ1) is 5.92. The van der Waals surface area contributed by atoms with E-state index in [1.807, 2.05) is 24.3 Å². The summed E-state index contributed by atoms with van der Waals surface area (Å²) in [4.78, 5) is 0. The van der Waals surface area contributed by atoms with Crippen LogP contribution in [0.5, 0.6) is 0 Å². The molecular formula is C10H10N2. The third-order valence-corrected chi connectivity index (χ3v) is 2.28. The molecule has 1 fully saturated rings. The number of hydrogen-bond acceptors (Lipinski definition) is 2. The lowest BCUT2D eigenvalue weighted by Gasteiger charge is -2.28. The van der Waals surface area contributed by atoms with Gasteiger partial charge >= 0.3 is 0 Å². The van der Waals surface area contributed by atoms with E-state index in [4.69, 9.17) is 5.26 Å². The van der Waals surface area contributed by atoms with E-state index >= 15 is 0 Å². The van der Waals surface area contributed by atoms with Crippen molar-refractivity contribution in [1.29, 1.82) is 5.26 Å². The van der Waals surface area contributed by atoms with E-state index in [-0.39, 0.29) is 0 Å². The molecule has 1 aromatic carbocycles. The average Bonchev–Trinajstić information content (AvgIpc) is 2.02. The highest BCUT2D eigenvalue weighted by Crippen LogP contribution is 2.25. The Balaban J connectivity index is 2.35. The van der Waals surface area contributed by atoms with Gasteiger partial charge in [-0.1, -0.05) is 18.2 Å². The van der Waals surface area contributed by atoms with Crippen LogP contribution >= 0.6 is 0 Å². The Morgan fingerprint density at radius 1 is 1.42 bits per heavy atom. The smallest absolute Gasteiger partial charge is 0.0995 e. The van der Waals surface area contributed by atoms with Crippen LogP contribution in [0.4, 0.5) is 0 Å².